The zero-order valence-corrected chi connectivity index (χ0v) is 18.3. The predicted octanol–water partition coefficient (Wildman–Crippen LogP) is 3.48. The molecule has 1 aliphatic rings. The molecule has 1 aromatic carbocycles. The lowest BCUT2D eigenvalue weighted by atomic mass is 9.97. The number of anilines is 2. The van der Waals surface area contributed by atoms with Crippen LogP contribution in [0.2, 0.25) is 0 Å². The number of nitrogens with zero attached hydrogens (tertiary/aromatic N) is 5. The number of carbonyl (C=O) groups is 2. The molecule has 0 saturated carbocycles. The summed E-state index contributed by atoms with van der Waals surface area (Å²) in [5.74, 6) is 1.29. The molecule has 2 amide bonds. The first kappa shape index (κ1) is 21.4. The second-order valence-electron chi connectivity index (χ2n) is 8.20. The van der Waals surface area contributed by atoms with Gasteiger partial charge >= 0.3 is 6.09 Å². The van der Waals surface area contributed by atoms with Crippen molar-refractivity contribution in [2.75, 3.05) is 24.1 Å². The van der Waals surface area contributed by atoms with Crippen LogP contribution in [0.5, 0.6) is 0 Å². The van der Waals surface area contributed by atoms with E-state index in [4.69, 9.17) is 5.73 Å². The third kappa shape index (κ3) is 4.13. The molecule has 0 bridgehead atoms. The number of hydrogen-bond donors (Lipinski definition) is 3. The SMILES string of the molecule is Nc1nc(-c2ccc(C(=O)Nc3ccccn3)cc2)cn2c(C3CCCN(C(=O)O)C3)ncc12. The van der Waals surface area contributed by atoms with E-state index < -0.39 is 6.09 Å². The van der Waals surface area contributed by atoms with E-state index in [1.807, 2.05) is 22.7 Å². The largest absolute Gasteiger partial charge is 0.465 e. The zero-order valence-electron chi connectivity index (χ0n) is 18.3. The van der Waals surface area contributed by atoms with E-state index in [-0.39, 0.29) is 11.8 Å². The minimum absolute atomic E-state index is 0.0281. The molecule has 1 saturated heterocycles. The number of likely N-dealkylation sites (tertiary alicyclic amines) is 1. The van der Waals surface area contributed by atoms with Crippen LogP contribution in [0.3, 0.4) is 0 Å². The monoisotopic (exact) mass is 457 g/mol. The van der Waals surface area contributed by atoms with Crippen LogP contribution in [0.15, 0.2) is 61.1 Å². The van der Waals surface area contributed by atoms with Gasteiger partial charge in [0.25, 0.3) is 5.91 Å². The van der Waals surface area contributed by atoms with Crippen molar-refractivity contribution >= 4 is 29.2 Å². The summed E-state index contributed by atoms with van der Waals surface area (Å²) in [5.41, 5.74) is 8.82. The lowest BCUT2D eigenvalue weighted by molar-refractivity contribution is 0.102. The summed E-state index contributed by atoms with van der Waals surface area (Å²) in [5, 5.41) is 12.1. The number of aromatic nitrogens is 4. The second kappa shape index (κ2) is 8.81. The number of hydrogen-bond acceptors (Lipinski definition) is 6. The molecule has 172 valence electrons. The van der Waals surface area contributed by atoms with Gasteiger partial charge < -0.3 is 21.1 Å². The average molecular weight is 457 g/mol. The van der Waals surface area contributed by atoms with E-state index in [2.05, 4.69) is 20.3 Å². The molecular formula is C24H23N7O3. The van der Waals surface area contributed by atoms with Gasteiger partial charge in [-0.25, -0.2) is 19.7 Å². The summed E-state index contributed by atoms with van der Waals surface area (Å²) < 4.78 is 1.90. The third-order valence-corrected chi connectivity index (χ3v) is 5.99. The fourth-order valence-corrected chi connectivity index (χ4v) is 4.26. The summed E-state index contributed by atoms with van der Waals surface area (Å²) in [4.78, 5) is 38.5. The van der Waals surface area contributed by atoms with Crippen LogP contribution in [0.1, 0.15) is 34.9 Å². The van der Waals surface area contributed by atoms with E-state index in [1.54, 1.807) is 42.7 Å². The maximum atomic E-state index is 12.5. The Morgan fingerprint density at radius 1 is 1.12 bits per heavy atom. The Balaban J connectivity index is 1.42. The molecule has 5 rings (SSSR count). The standard InChI is InChI=1S/C24H23N7O3/c25-21-19-12-27-22(17-4-3-11-30(13-17)24(33)34)31(19)14-18(28-21)15-6-8-16(9-7-15)23(32)29-20-5-1-2-10-26-20/h1-2,5-10,12,14,17H,3-4,11,13H2,(H2,25,28)(H,33,34)(H,26,29,32). The molecule has 4 heterocycles. The number of fused-ring (bicyclic) bond motifs is 1. The summed E-state index contributed by atoms with van der Waals surface area (Å²) in [6.45, 7) is 0.927. The fraction of sp³-hybridized carbons (Fsp3) is 0.208. The molecule has 1 atom stereocenters. The number of nitrogens with one attached hydrogen (secondary N) is 1. The molecule has 1 aliphatic heterocycles. The third-order valence-electron chi connectivity index (χ3n) is 5.99. The Kier molecular flexibility index (Phi) is 5.54. The van der Waals surface area contributed by atoms with Gasteiger partial charge in [0, 0.05) is 42.5 Å². The molecule has 3 aromatic heterocycles. The van der Waals surface area contributed by atoms with Crippen molar-refractivity contribution in [3.8, 4) is 11.3 Å². The van der Waals surface area contributed by atoms with E-state index >= 15 is 0 Å². The minimum atomic E-state index is -0.917. The van der Waals surface area contributed by atoms with E-state index in [9.17, 15) is 14.7 Å². The molecular weight excluding hydrogens is 434 g/mol. The topological polar surface area (TPSA) is 139 Å². The second-order valence-corrected chi connectivity index (χ2v) is 8.20. The normalized spacial score (nSPS) is 15.9. The van der Waals surface area contributed by atoms with Crippen LogP contribution in [0.4, 0.5) is 16.4 Å². The smallest absolute Gasteiger partial charge is 0.407 e. The number of pyridine rings is 1. The number of carbonyl (C=O) groups excluding carboxylic acids is 1. The number of nitrogens with two attached hydrogens (primary N) is 1. The first-order valence-corrected chi connectivity index (χ1v) is 10.9. The van der Waals surface area contributed by atoms with Gasteiger partial charge in [-0.15, -0.1) is 0 Å². The summed E-state index contributed by atoms with van der Waals surface area (Å²) in [6.07, 6.45) is 5.85. The van der Waals surface area contributed by atoms with Gasteiger partial charge in [0.1, 0.15) is 23.0 Å². The van der Waals surface area contributed by atoms with E-state index in [0.717, 1.165) is 24.2 Å². The van der Waals surface area contributed by atoms with Gasteiger partial charge in [0.2, 0.25) is 0 Å². The van der Waals surface area contributed by atoms with Gasteiger partial charge in [-0.3, -0.25) is 9.20 Å². The minimum Gasteiger partial charge on any atom is -0.465 e. The van der Waals surface area contributed by atoms with Crippen molar-refractivity contribution in [3.05, 3.63) is 72.4 Å². The first-order chi connectivity index (χ1) is 16.5. The highest BCUT2D eigenvalue weighted by molar-refractivity contribution is 6.04. The van der Waals surface area contributed by atoms with E-state index in [0.29, 0.717) is 41.5 Å². The number of imidazole rings is 1. The van der Waals surface area contributed by atoms with Crippen molar-refractivity contribution in [3.63, 3.8) is 0 Å². The summed E-state index contributed by atoms with van der Waals surface area (Å²) in [7, 11) is 0. The van der Waals surface area contributed by atoms with Gasteiger partial charge in [-0.1, -0.05) is 18.2 Å². The Hall–Kier alpha value is -4.47. The van der Waals surface area contributed by atoms with Gasteiger partial charge in [0.05, 0.1) is 11.9 Å². The number of carboxylic acid groups (broad SMARTS) is 1. The van der Waals surface area contributed by atoms with E-state index in [1.165, 1.54) is 4.90 Å². The van der Waals surface area contributed by atoms with Crippen molar-refractivity contribution in [2.24, 2.45) is 0 Å². The van der Waals surface area contributed by atoms with Crippen molar-refractivity contribution in [1.29, 1.82) is 0 Å². The number of rotatable bonds is 4. The number of piperidine rings is 1. The molecule has 4 aromatic rings. The molecule has 1 fully saturated rings. The summed E-state index contributed by atoms with van der Waals surface area (Å²) >= 11 is 0. The predicted molar refractivity (Wildman–Crippen MR) is 127 cm³/mol. The Bertz CT molecular complexity index is 1350. The van der Waals surface area contributed by atoms with Crippen LogP contribution < -0.4 is 11.1 Å². The molecule has 10 nitrogen and oxygen atoms in total. The number of nitrogen functional groups attached to an aromatic ring is 1. The van der Waals surface area contributed by atoms with Crippen LogP contribution >= 0.6 is 0 Å². The molecule has 10 heteroatoms. The maximum absolute atomic E-state index is 12.5. The molecule has 4 N–H and O–H groups in total. The molecule has 1 unspecified atom stereocenters. The van der Waals surface area contributed by atoms with Gasteiger partial charge in [-0.2, -0.15) is 0 Å². The van der Waals surface area contributed by atoms with Crippen molar-refractivity contribution in [2.45, 2.75) is 18.8 Å². The summed E-state index contributed by atoms with van der Waals surface area (Å²) in [6, 6.07) is 12.4. The molecule has 0 spiro atoms. The Morgan fingerprint density at radius 3 is 2.68 bits per heavy atom. The Labute approximate surface area is 195 Å². The lowest BCUT2D eigenvalue weighted by Gasteiger charge is -2.30. The fourth-order valence-electron chi connectivity index (χ4n) is 4.26. The van der Waals surface area contributed by atoms with Crippen LogP contribution in [-0.4, -0.2) is 54.4 Å². The zero-order chi connectivity index (χ0) is 23.7. The molecule has 34 heavy (non-hydrogen) atoms. The van der Waals surface area contributed by atoms with Crippen LogP contribution in [0.25, 0.3) is 16.8 Å². The number of amides is 2. The quantitative estimate of drug-likeness (QED) is 0.426. The molecule has 0 radical (unpaired) electrons. The highest BCUT2D eigenvalue weighted by Gasteiger charge is 2.27. The maximum Gasteiger partial charge on any atom is 0.407 e. The highest BCUT2D eigenvalue weighted by Crippen LogP contribution is 2.29. The Morgan fingerprint density at radius 2 is 1.94 bits per heavy atom. The van der Waals surface area contributed by atoms with Crippen molar-refractivity contribution in [1.82, 2.24) is 24.3 Å². The lowest BCUT2D eigenvalue weighted by Crippen LogP contribution is -2.38. The van der Waals surface area contributed by atoms with Crippen molar-refractivity contribution < 1.29 is 14.7 Å². The van der Waals surface area contributed by atoms with Crippen LogP contribution in [-0.2, 0) is 0 Å². The molecule has 0 aliphatic carbocycles. The number of benzene rings is 1. The average Bonchev–Trinajstić information content (AvgIpc) is 3.29. The van der Waals surface area contributed by atoms with Gasteiger partial charge in [0.15, 0.2) is 0 Å². The highest BCUT2D eigenvalue weighted by atomic mass is 16.4. The first-order valence-electron chi connectivity index (χ1n) is 10.9. The van der Waals surface area contributed by atoms with Gasteiger partial charge in [-0.05, 0) is 37.1 Å². The van der Waals surface area contributed by atoms with Crippen LogP contribution in [0, 0.1) is 0 Å².